The van der Waals surface area contributed by atoms with Crippen molar-refractivity contribution in [1.82, 2.24) is 45.5 Å². The predicted molar refractivity (Wildman–Crippen MR) is 446 cm³/mol. The number of para-hydroxylation sites is 1. The molecule has 0 N–H and O–H groups in total. The molecule has 18 aromatic rings. The summed E-state index contributed by atoms with van der Waals surface area (Å²) in [6, 6.07) is 134. The molecule has 0 aliphatic heterocycles. The van der Waals surface area contributed by atoms with Crippen LogP contribution >= 0.6 is 0 Å². The zero-order chi connectivity index (χ0) is 77.6. The third kappa shape index (κ3) is 24.5. The molecule has 0 atom stereocenters. The fraction of sp³-hybridized carbons (Fsp3) is 0.0303. The van der Waals surface area contributed by atoms with E-state index in [2.05, 4.69) is 226 Å². The maximum atomic E-state index is 13.2. The first kappa shape index (κ1) is 85.5. The van der Waals surface area contributed by atoms with Gasteiger partial charge in [-0.05, 0) is 99.4 Å². The van der Waals surface area contributed by atoms with Crippen molar-refractivity contribution in [2.24, 2.45) is 0 Å². The molecule has 0 spiro atoms. The van der Waals surface area contributed by atoms with Crippen molar-refractivity contribution in [1.29, 1.82) is 0 Å². The van der Waals surface area contributed by atoms with Gasteiger partial charge >= 0.3 is 0 Å². The van der Waals surface area contributed by atoms with Crippen molar-refractivity contribution in [3.63, 3.8) is 0 Å². The average Bonchev–Trinajstić information content (AvgIpc) is 1.69. The van der Waals surface area contributed by atoms with Crippen LogP contribution in [0.3, 0.4) is 0 Å². The SMILES string of the molecule is CN(C)c1c[c-]c(-c2cc(-c3ccc(-c4ccccc4)cc3)n[n-]2)cc1.COc1c[c-]c(-c2cc(-c3ccc(-c4ccccc4)cc3)n[n-]2)cc1.Fc1c[c-]c(-c2ccccn2)c(F)c1.[Pt].[Pt].[Pt].[c-]1ccccc1-c1cc(-c2ccc(-c3ccccc3)cc2)n[n-]1.[c-]1ccccc1-c1ccccn1.[c-]1ccccc1Oc1ccccn1. The van der Waals surface area contributed by atoms with Crippen LogP contribution in [0.2, 0.25) is 0 Å². The Balaban J connectivity index is 0.000000150. The third-order valence-corrected chi connectivity index (χ3v) is 17.3. The molecule has 0 radical (unpaired) electrons. The topological polar surface area (TPSA) is 141 Å². The molecule has 6 aromatic heterocycles. The maximum absolute atomic E-state index is 13.2. The summed E-state index contributed by atoms with van der Waals surface area (Å²) in [5.74, 6) is 0.761. The predicted octanol–water partition coefficient (Wildman–Crippen LogP) is 22.6. The van der Waals surface area contributed by atoms with Gasteiger partial charge in [0.1, 0.15) is 0 Å². The minimum absolute atomic E-state index is 0. The monoisotopic (exact) mass is 2050 g/mol. The summed E-state index contributed by atoms with van der Waals surface area (Å²) in [7, 11) is 5.67. The molecule has 0 aliphatic carbocycles. The number of aromatic nitrogens is 9. The molecule has 6 heterocycles. The fourth-order valence-electron chi connectivity index (χ4n) is 11.4. The Kier molecular flexibility index (Phi) is 32.8. The van der Waals surface area contributed by atoms with Gasteiger partial charge in [-0.15, -0.1) is 139 Å². The first-order chi connectivity index (χ1) is 55.6. The molecule has 0 bridgehead atoms. The van der Waals surface area contributed by atoms with Gasteiger partial charge in [-0.1, -0.05) is 224 Å². The van der Waals surface area contributed by atoms with Gasteiger partial charge in [0.25, 0.3) is 0 Å². The van der Waals surface area contributed by atoms with Crippen LogP contribution in [0.5, 0.6) is 17.4 Å². The molecule has 12 nitrogen and oxygen atoms in total. The maximum Gasteiger partial charge on any atom is 0.216 e. The number of benzene rings is 12. The summed E-state index contributed by atoms with van der Waals surface area (Å²) in [6.45, 7) is 0. The van der Waals surface area contributed by atoms with Gasteiger partial charge in [0.05, 0.1) is 7.11 Å². The van der Waals surface area contributed by atoms with Crippen molar-refractivity contribution in [3.8, 4) is 141 Å². The normalized spacial score (nSPS) is 10.1. The Bertz CT molecular complexity index is 5740. The van der Waals surface area contributed by atoms with Gasteiger partial charge in [-0.2, -0.15) is 34.9 Å². The van der Waals surface area contributed by atoms with E-state index in [9.17, 15) is 8.78 Å². The first-order valence-corrected chi connectivity index (χ1v) is 36.1. The van der Waals surface area contributed by atoms with Crippen LogP contribution in [0.15, 0.2) is 377 Å². The van der Waals surface area contributed by atoms with E-state index >= 15 is 0 Å². The number of rotatable bonds is 15. The Labute approximate surface area is 718 Å². The Morgan fingerprint density at radius 3 is 1.09 bits per heavy atom. The van der Waals surface area contributed by atoms with Gasteiger partial charge in [0.15, 0.2) is 0 Å². The van der Waals surface area contributed by atoms with Crippen LogP contribution < -0.4 is 29.7 Å². The number of halogens is 2. The smallest absolute Gasteiger partial charge is 0.216 e. The van der Waals surface area contributed by atoms with Crippen LogP contribution in [0.1, 0.15) is 0 Å². The largest absolute Gasteiger partial charge is 0.618 e. The van der Waals surface area contributed by atoms with E-state index in [4.69, 9.17) is 9.47 Å². The standard InChI is InChI=1S/C23H19N3.C22H16N2O.C21H14N2.C11H6F2N.C11H8NO.C11H8N.3Pt/c1-26(2)21-14-12-20(13-15-21)23-16-22(24-25-23)19-10-8-18(9-11-19)17-6-4-3-5-7-17;1-25-20-13-11-19(12-14-20)22-15-21(23-24-22)18-9-7-17(8-10-18)16-5-3-2-4-6-16;1-3-7-16(8-4-1)17-11-13-19(14-12-17)21-15-20(22-23-21)18-9-5-2-6-10-18;12-8-4-5-9(10(13)7-8)11-3-1-2-6-14-11;1-2-6-10(7-3-1)13-11-8-4-5-9-12-11;1-2-6-10(7-3-1)11-8-4-5-9-12-11;;;/h3-12,14-16H,1-2H3;2-11,13-15H,1H3;1-9,11-15H;1-4,6-7H;1-6,8-9H;1-6,8-9H;;;/q3*-2;3*-1;;;. The quantitative estimate of drug-likeness (QED) is 0.0902. The van der Waals surface area contributed by atoms with E-state index in [1.165, 1.54) is 33.4 Å². The van der Waals surface area contributed by atoms with E-state index in [0.29, 0.717) is 17.3 Å². The molecule has 0 amide bonds. The van der Waals surface area contributed by atoms with Crippen LogP contribution in [-0.2, 0) is 63.2 Å². The summed E-state index contributed by atoms with van der Waals surface area (Å²) in [6.07, 6.45) is 5.03. The van der Waals surface area contributed by atoms with E-state index in [1.807, 2.05) is 184 Å². The van der Waals surface area contributed by atoms with Crippen LogP contribution in [0.4, 0.5) is 14.5 Å². The molecule has 0 aliphatic rings. The zero-order valence-electron chi connectivity index (χ0n) is 62.8. The second-order valence-electron chi connectivity index (χ2n) is 25.2. The van der Waals surface area contributed by atoms with Crippen LogP contribution in [0.25, 0.3) is 123 Å². The molecule has 582 valence electrons. The molecule has 17 heteroatoms. The Morgan fingerprint density at radius 1 is 0.319 bits per heavy atom. The minimum atomic E-state index is -0.649. The Morgan fingerprint density at radius 2 is 0.716 bits per heavy atom. The van der Waals surface area contributed by atoms with E-state index in [0.717, 1.165) is 102 Å². The summed E-state index contributed by atoms with van der Waals surface area (Å²) in [5, 5.41) is 25.8. The van der Waals surface area contributed by atoms with Crippen LogP contribution in [-0.4, -0.2) is 51.5 Å². The number of methoxy groups -OCH3 is 1. The minimum Gasteiger partial charge on any atom is -0.618 e. The van der Waals surface area contributed by atoms with E-state index in [-0.39, 0.29) is 68.8 Å². The van der Waals surface area contributed by atoms with Crippen molar-refractivity contribution in [2.75, 3.05) is 26.1 Å². The van der Waals surface area contributed by atoms with Crippen molar-refractivity contribution >= 4 is 5.69 Å². The number of hydrogen-bond donors (Lipinski definition) is 0. The number of hydrogen-bond acceptors (Lipinski definition) is 9. The molecular weight excluding hydrogens is 1980 g/mol. The molecular formula is C99H71F2N10O2Pt3-9. The van der Waals surface area contributed by atoms with Gasteiger partial charge in [-0.3, -0.25) is 8.78 Å². The van der Waals surface area contributed by atoms with Gasteiger partial charge in [-0.25, -0.2) is 22.1 Å². The van der Waals surface area contributed by atoms with Gasteiger partial charge in [0.2, 0.25) is 5.88 Å². The second kappa shape index (κ2) is 44.5. The summed E-state index contributed by atoms with van der Waals surface area (Å²) < 4.78 is 36.4. The summed E-state index contributed by atoms with van der Waals surface area (Å²) >= 11 is 0. The molecule has 116 heavy (non-hydrogen) atoms. The average molecular weight is 2060 g/mol. The van der Waals surface area contributed by atoms with Crippen molar-refractivity contribution in [3.05, 3.63) is 425 Å². The number of ether oxygens (including phenoxy) is 2. The number of anilines is 1. The molecule has 0 unspecified atom stereocenters. The zero-order valence-corrected chi connectivity index (χ0v) is 69.6. The summed E-state index contributed by atoms with van der Waals surface area (Å²) in [4.78, 5) is 14.2. The third-order valence-electron chi connectivity index (χ3n) is 17.3. The molecule has 0 fully saturated rings. The molecule has 0 saturated carbocycles. The summed E-state index contributed by atoms with van der Waals surface area (Å²) in [5.41, 5.74) is 22.1. The van der Waals surface area contributed by atoms with E-state index < -0.39 is 11.6 Å². The van der Waals surface area contributed by atoms with Crippen molar-refractivity contribution < 1.29 is 81.5 Å². The van der Waals surface area contributed by atoms with Gasteiger partial charge in [0, 0.05) is 128 Å². The number of pyridine rings is 3. The van der Waals surface area contributed by atoms with Gasteiger partial charge < -0.3 is 54.9 Å². The molecule has 12 aromatic carbocycles. The van der Waals surface area contributed by atoms with E-state index in [1.54, 1.807) is 62.1 Å². The van der Waals surface area contributed by atoms with Crippen LogP contribution in [0, 0.1) is 48.0 Å². The second-order valence-corrected chi connectivity index (χ2v) is 25.2. The van der Waals surface area contributed by atoms with Crippen molar-refractivity contribution in [2.45, 2.75) is 0 Å². The Hall–Kier alpha value is -13.0. The first-order valence-electron chi connectivity index (χ1n) is 36.1. The molecule has 18 rings (SSSR count). The fourth-order valence-corrected chi connectivity index (χ4v) is 11.4. The number of nitrogens with zero attached hydrogens (tertiary/aromatic N) is 10. The molecule has 0 saturated heterocycles.